The largest absolute Gasteiger partial charge is 0.361 e. The number of amides is 1. The van der Waals surface area contributed by atoms with Crippen LogP contribution in [-0.2, 0) is 0 Å². The number of hydrogen-bond donors (Lipinski definition) is 2. The Morgan fingerprint density at radius 2 is 2.06 bits per heavy atom. The van der Waals surface area contributed by atoms with Crippen LogP contribution in [0.4, 0.5) is 0 Å². The molecule has 1 aromatic heterocycles. The van der Waals surface area contributed by atoms with Gasteiger partial charge in [-0.15, -0.1) is 0 Å². The van der Waals surface area contributed by atoms with Crippen molar-refractivity contribution in [2.45, 2.75) is 33.7 Å². The second-order valence-electron chi connectivity index (χ2n) is 4.06. The van der Waals surface area contributed by atoms with Crippen molar-refractivity contribution >= 4 is 5.91 Å². The molecule has 1 heterocycles. The lowest BCUT2D eigenvalue weighted by atomic mass is 10.2. The van der Waals surface area contributed by atoms with Gasteiger partial charge in [0.15, 0.2) is 0 Å². The quantitative estimate of drug-likeness (QED) is 0.734. The first kappa shape index (κ1) is 12.7. The first-order valence-corrected chi connectivity index (χ1v) is 5.46. The fourth-order valence-electron chi connectivity index (χ4n) is 1.43. The van der Waals surface area contributed by atoms with E-state index in [0.29, 0.717) is 29.6 Å². The Labute approximate surface area is 95.6 Å². The van der Waals surface area contributed by atoms with Crippen LogP contribution in [0.3, 0.4) is 0 Å². The molecule has 0 aromatic carbocycles. The van der Waals surface area contributed by atoms with Crippen molar-refractivity contribution in [3.63, 3.8) is 0 Å². The number of nitrogens with one attached hydrogen (secondary N) is 2. The lowest BCUT2D eigenvalue weighted by Gasteiger charge is -2.08. The van der Waals surface area contributed by atoms with E-state index in [4.69, 9.17) is 4.52 Å². The summed E-state index contributed by atoms with van der Waals surface area (Å²) in [6.07, 6.45) is 0. The molecule has 0 radical (unpaired) electrons. The van der Waals surface area contributed by atoms with Crippen LogP contribution in [0, 0.1) is 13.8 Å². The number of hydrogen-bond acceptors (Lipinski definition) is 4. The molecule has 0 aliphatic heterocycles. The first-order valence-electron chi connectivity index (χ1n) is 5.46. The summed E-state index contributed by atoms with van der Waals surface area (Å²) in [5.41, 5.74) is 1.18. The fraction of sp³-hybridized carbons (Fsp3) is 0.636. The maximum atomic E-state index is 11.8. The smallest absolute Gasteiger partial charge is 0.256 e. The average molecular weight is 225 g/mol. The van der Waals surface area contributed by atoms with Crippen molar-refractivity contribution in [1.29, 1.82) is 0 Å². The van der Waals surface area contributed by atoms with Crippen molar-refractivity contribution in [2.24, 2.45) is 0 Å². The highest BCUT2D eigenvalue weighted by Crippen LogP contribution is 2.11. The molecule has 0 bridgehead atoms. The molecule has 0 fully saturated rings. The minimum absolute atomic E-state index is 0.123. The van der Waals surface area contributed by atoms with E-state index in [-0.39, 0.29) is 5.91 Å². The van der Waals surface area contributed by atoms with E-state index in [0.717, 1.165) is 6.54 Å². The Bertz CT molecular complexity index is 339. The van der Waals surface area contributed by atoms with E-state index in [1.165, 1.54) is 0 Å². The number of nitrogens with zero attached hydrogens (tertiary/aromatic N) is 1. The molecule has 2 N–H and O–H groups in total. The number of rotatable bonds is 5. The van der Waals surface area contributed by atoms with Crippen LogP contribution >= 0.6 is 0 Å². The van der Waals surface area contributed by atoms with Gasteiger partial charge in [0, 0.05) is 19.1 Å². The van der Waals surface area contributed by atoms with Crippen molar-refractivity contribution in [2.75, 3.05) is 13.1 Å². The highest BCUT2D eigenvalue weighted by molar-refractivity contribution is 5.96. The van der Waals surface area contributed by atoms with Gasteiger partial charge in [-0.1, -0.05) is 19.0 Å². The van der Waals surface area contributed by atoms with Gasteiger partial charge in [0.25, 0.3) is 5.91 Å². The zero-order valence-electron chi connectivity index (χ0n) is 10.3. The molecule has 16 heavy (non-hydrogen) atoms. The molecule has 1 amide bonds. The summed E-state index contributed by atoms with van der Waals surface area (Å²) in [5.74, 6) is 0.439. The Morgan fingerprint density at radius 3 is 2.56 bits per heavy atom. The van der Waals surface area contributed by atoms with Gasteiger partial charge >= 0.3 is 0 Å². The second kappa shape index (κ2) is 5.65. The zero-order valence-corrected chi connectivity index (χ0v) is 10.3. The average Bonchev–Trinajstić information content (AvgIpc) is 2.53. The molecule has 90 valence electrons. The van der Waals surface area contributed by atoms with Gasteiger partial charge in [-0.3, -0.25) is 4.79 Å². The lowest BCUT2D eigenvalue weighted by Crippen LogP contribution is -2.34. The Balaban J connectivity index is 2.41. The van der Waals surface area contributed by atoms with E-state index in [9.17, 15) is 4.79 Å². The van der Waals surface area contributed by atoms with Crippen LogP contribution < -0.4 is 10.6 Å². The summed E-state index contributed by atoms with van der Waals surface area (Å²) in [6.45, 7) is 8.99. The highest BCUT2D eigenvalue weighted by atomic mass is 16.5. The molecule has 0 saturated carbocycles. The lowest BCUT2D eigenvalue weighted by molar-refractivity contribution is 0.0951. The van der Waals surface area contributed by atoms with E-state index in [1.54, 1.807) is 13.8 Å². The van der Waals surface area contributed by atoms with Crippen LogP contribution in [0.1, 0.15) is 35.7 Å². The Morgan fingerprint density at radius 1 is 1.38 bits per heavy atom. The van der Waals surface area contributed by atoms with Crippen LogP contribution in [0.2, 0.25) is 0 Å². The van der Waals surface area contributed by atoms with E-state index in [2.05, 4.69) is 29.6 Å². The van der Waals surface area contributed by atoms with Gasteiger partial charge in [0.05, 0.1) is 5.69 Å². The SMILES string of the molecule is Cc1noc(C)c1C(=O)NCCNC(C)C. The number of carbonyl (C=O) groups excluding carboxylic acids is 1. The van der Waals surface area contributed by atoms with E-state index in [1.807, 2.05) is 0 Å². The summed E-state index contributed by atoms with van der Waals surface area (Å²) in [5, 5.41) is 9.78. The normalized spacial score (nSPS) is 10.8. The van der Waals surface area contributed by atoms with E-state index < -0.39 is 0 Å². The minimum atomic E-state index is -0.123. The molecule has 0 unspecified atom stereocenters. The van der Waals surface area contributed by atoms with Gasteiger partial charge in [-0.05, 0) is 13.8 Å². The summed E-state index contributed by atoms with van der Waals surface area (Å²) in [4.78, 5) is 11.8. The maximum Gasteiger partial charge on any atom is 0.256 e. The van der Waals surface area contributed by atoms with Crippen molar-refractivity contribution in [1.82, 2.24) is 15.8 Å². The van der Waals surface area contributed by atoms with Gasteiger partial charge in [-0.25, -0.2) is 0 Å². The van der Waals surface area contributed by atoms with Crippen LogP contribution in [-0.4, -0.2) is 30.2 Å². The third-order valence-electron chi connectivity index (χ3n) is 2.22. The summed E-state index contributed by atoms with van der Waals surface area (Å²) in [7, 11) is 0. The number of carbonyl (C=O) groups is 1. The molecular formula is C11H19N3O2. The van der Waals surface area contributed by atoms with Crippen molar-refractivity contribution in [3.8, 4) is 0 Å². The van der Waals surface area contributed by atoms with Gasteiger partial charge < -0.3 is 15.2 Å². The summed E-state index contributed by atoms with van der Waals surface area (Å²) < 4.78 is 4.93. The molecule has 0 spiro atoms. The fourth-order valence-corrected chi connectivity index (χ4v) is 1.43. The summed E-state index contributed by atoms with van der Waals surface area (Å²) in [6, 6.07) is 0.427. The third-order valence-corrected chi connectivity index (χ3v) is 2.22. The second-order valence-corrected chi connectivity index (χ2v) is 4.06. The van der Waals surface area contributed by atoms with Crippen LogP contribution in [0.15, 0.2) is 4.52 Å². The molecule has 0 aliphatic rings. The predicted octanol–water partition coefficient (Wildman–Crippen LogP) is 1.02. The first-order chi connectivity index (χ1) is 7.52. The number of aromatic nitrogens is 1. The monoisotopic (exact) mass is 225 g/mol. The number of aryl methyl sites for hydroxylation is 2. The Kier molecular flexibility index (Phi) is 4.49. The Hall–Kier alpha value is -1.36. The van der Waals surface area contributed by atoms with Gasteiger partial charge in [0.2, 0.25) is 0 Å². The molecule has 1 rings (SSSR count). The predicted molar refractivity (Wildman–Crippen MR) is 61.4 cm³/mol. The topological polar surface area (TPSA) is 67.2 Å². The molecule has 5 nitrogen and oxygen atoms in total. The van der Waals surface area contributed by atoms with Gasteiger partial charge in [-0.2, -0.15) is 0 Å². The van der Waals surface area contributed by atoms with Crippen molar-refractivity contribution < 1.29 is 9.32 Å². The molecule has 1 aromatic rings. The van der Waals surface area contributed by atoms with E-state index >= 15 is 0 Å². The third kappa shape index (κ3) is 3.34. The molecule has 5 heteroatoms. The van der Waals surface area contributed by atoms with Crippen LogP contribution in [0.25, 0.3) is 0 Å². The maximum absolute atomic E-state index is 11.8. The molecule has 0 atom stereocenters. The molecular weight excluding hydrogens is 206 g/mol. The highest BCUT2D eigenvalue weighted by Gasteiger charge is 2.16. The van der Waals surface area contributed by atoms with Crippen molar-refractivity contribution in [3.05, 3.63) is 17.0 Å². The zero-order chi connectivity index (χ0) is 12.1. The van der Waals surface area contributed by atoms with Crippen LogP contribution in [0.5, 0.6) is 0 Å². The minimum Gasteiger partial charge on any atom is -0.361 e. The molecule has 0 saturated heterocycles. The van der Waals surface area contributed by atoms with Gasteiger partial charge in [0.1, 0.15) is 11.3 Å². The molecule has 0 aliphatic carbocycles. The summed E-state index contributed by atoms with van der Waals surface area (Å²) >= 11 is 0. The standard InChI is InChI=1S/C11H19N3O2/c1-7(2)12-5-6-13-11(15)10-8(3)14-16-9(10)4/h7,12H,5-6H2,1-4H3,(H,13,15).